The van der Waals surface area contributed by atoms with E-state index in [9.17, 15) is 9.70 Å². The van der Waals surface area contributed by atoms with Gasteiger partial charge in [0.1, 0.15) is 11.8 Å². The van der Waals surface area contributed by atoms with Gasteiger partial charge in [-0.3, -0.25) is 4.79 Å². The van der Waals surface area contributed by atoms with E-state index in [-0.39, 0.29) is 17.4 Å². The smallest absolute Gasteiger partial charge is 0.137 e. The largest absolute Gasteiger partial charge is 0.372 e. The second-order valence-electron chi connectivity index (χ2n) is 12.7. The standard InChI is InChI=1S/C34H42N2O2/c1-3-4-5-8-32(37)31-18-17-30-28-15-11-24-21-25(35-38)12-16-27(24)33(28)29(22-34(30,31)2)23-9-13-26(14-10-23)36-19-6-7-20-36/h9-10,13-14,21,25,28-31H,5-8,11-12,15-20,22H2,1-2H3/t25?,28-,29+,30-,31+,34-/m0/s1. The second kappa shape index (κ2) is 10.5. The monoisotopic (exact) mass is 510 g/mol. The molecule has 0 spiro atoms. The molecule has 38 heavy (non-hydrogen) atoms. The zero-order valence-corrected chi connectivity index (χ0v) is 23.2. The summed E-state index contributed by atoms with van der Waals surface area (Å²) in [5.74, 6) is 8.12. The van der Waals surface area contributed by atoms with Crippen molar-refractivity contribution in [3.63, 3.8) is 0 Å². The molecule has 4 aliphatic carbocycles. The van der Waals surface area contributed by atoms with Crippen LogP contribution in [0.5, 0.6) is 0 Å². The fraction of sp³-hybridized carbons (Fsp3) is 0.618. The van der Waals surface area contributed by atoms with E-state index < -0.39 is 0 Å². The average molecular weight is 511 g/mol. The van der Waals surface area contributed by atoms with E-state index in [1.54, 1.807) is 5.57 Å². The number of anilines is 1. The van der Waals surface area contributed by atoms with E-state index in [1.807, 2.05) is 6.92 Å². The van der Waals surface area contributed by atoms with Crippen molar-refractivity contribution in [2.24, 2.45) is 28.3 Å². The molecule has 4 nitrogen and oxygen atoms in total. The Hall–Kier alpha value is -2.67. The molecule has 1 unspecified atom stereocenters. The van der Waals surface area contributed by atoms with Crippen molar-refractivity contribution in [3.05, 3.63) is 57.5 Å². The van der Waals surface area contributed by atoms with Crippen LogP contribution in [-0.2, 0) is 4.79 Å². The Morgan fingerprint density at radius 2 is 1.87 bits per heavy atom. The van der Waals surface area contributed by atoms with Gasteiger partial charge in [0, 0.05) is 43.5 Å². The zero-order chi connectivity index (χ0) is 26.3. The SMILES string of the molecule is CC#CCCC(=O)[C@H]1CC[C@H]2[C@@H]3CCC4=CC(N=O)CCC4=C3[C@@H](c3ccc(N4CCCC4)cc3)C[C@]12C. The van der Waals surface area contributed by atoms with E-state index in [1.165, 1.54) is 35.2 Å². The van der Waals surface area contributed by atoms with Crippen molar-refractivity contribution in [1.29, 1.82) is 0 Å². The van der Waals surface area contributed by atoms with E-state index in [2.05, 4.69) is 59.2 Å². The van der Waals surface area contributed by atoms with Crippen molar-refractivity contribution in [3.8, 4) is 11.8 Å². The summed E-state index contributed by atoms with van der Waals surface area (Å²) in [4.78, 5) is 27.4. The number of nitrogens with zero attached hydrogens (tertiary/aromatic N) is 2. The Morgan fingerprint density at radius 3 is 2.61 bits per heavy atom. The maximum Gasteiger partial charge on any atom is 0.137 e. The molecule has 0 radical (unpaired) electrons. The lowest BCUT2D eigenvalue weighted by Crippen LogP contribution is -2.45. The third-order valence-corrected chi connectivity index (χ3v) is 10.8. The fourth-order valence-corrected chi connectivity index (χ4v) is 9.07. The summed E-state index contributed by atoms with van der Waals surface area (Å²) >= 11 is 0. The molecule has 0 amide bonds. The first-order valence-corrected chi connectivity index (χ1v) is 15.1. The molecule has 6 atom stereocenters. The quantitative estimate of drug-likeness (QED) is 0.290. The van der Waals surface area contributed by atoms with Crippen molar-refractivity contribution in [2.75, 3.05) is 18.0 Å². The van der Waals surface area contributed by atoms with Gasteiger partial charge < -0.3 is 4.90 Å². The molecule has 1 heterocycles. The van der Waals surface area contributed by atoms with E-state index in [0.29, 0.717) is 36.4 Å². The molecule has 0 N–H and O–H groups in total. The summed E-state index contributed by atoms with van der Waals surface area (Å²) < 4.78 is 0. The molecule has 3 fully saturated rings. The highest BCUT2D eigenvalue weighted by Crippen LogP contribution is 2.66. The van der Waals surface area contributed by atoms with Crippen LogP contribution in [0, 0.1) is 39.9 Å². The minimum atomic E-state index is -0.169. The van der Waals surface area contributed by atoms with Crippen LogP contribution in [0.15, 0.2) is 52.2 Å². The van der Waals surface area contributed by atoms with Gasteiger partial charge in [-0.15, -0.1) is 11.8 Å². The Kier molecular flexibility index (Phi) is 7.06. The molecule has 200 valence electrons. The molecule has 2 saturated carbocycles. The molecule has 1 aliphatic heterocycles. The van der Waals surface area contributed by atoms with Gasteiger partial charge in [0.2, 0.25) is 0 Å². The Bertz CT molecular complexity index is 1210. The summed E-state index contributed by atoms with van der Waals surface area (Å²) in [6.45, 7) is 6.63. The maximum absolute atomic E-state index is 13.5. The van der Waals surface area contributed by atoms with E-state index >= 15 is 0 Å². The van der Waals surface area contributed by atoms with Crippen LogP contribution in [0.25, 0.3) is 0 Å². The minimum Gasteiger partial charge on any atom is -0.372 e. The number of carbonyl (C=O) groups is 1. The number of hydrogen-bond donors (Lipinski definition) is 0. The first-order chi connectivity index (χ1) is 18.5. The zero-order valence-electron chi connectivity index (χ0n) is 23.2. The number of benzene rings is 1. The minimum absolute atomic E-state index is 0.0342. The van der Waals surface area contributed by atoms with E-state index in [4.69, 9.17) is 0 Å². The molecule has 0 aromatic heterocycles. The van der Waals surface area contributed by atoms with Crippen LogP contribution < -0.4 is 4.90 Å². The van der Waals surface area contributed by atoms with Crippen LogP contribution in [0.4, 0.5) is 5.69 Å². The lowest BCUT2D eigenvalue weighted by molar-refractivity contribution is -0.127. The topological polar surface area (TPSA) is 49.7 Å². The van der Waals surface area contributed by atoms with Crippen molar-refractivity contribution in [1.82, 2.24) is 0 Å². The molecule has 0 bridgehead atoms. The summed E-state index contributed by atoms with van der Waals surface area (Å²) in [7, 11) is 0. The normalized spacial score (nSPS) is 34.0. The van der Waals surface area contributed by atoms with Gasteiger partial charge in [0.25, 0.3) is 0 Å². The van der Waals surface area contributed by atoms with Crippen LogP contribution in [0.2, 0.25) is 0 Å². The maximum atomic E-state index is 13.5. The number of rotatable bonds is 6. The first-order valence-electron chi connectivity index (χ1n) is 15.1. The number of nitroso groups, excluding NO2 is 1. The predicted octanol–water partition coefficient (Wildman–Crippen LogP) is 7.74. The Morgan fingerprint density at radius 1 is 1.08 bits per heavy atom. The third-order valence-electron chi connectivity index (χ3n) is 10.8. The Labute approximate surface area is 228 Å². The first kappa shape index (κ1) is 25.6. The van der Waals surface area contributed by atoms with Gasteiger partial charge in [0.15, 0.2) is 0 Å². The van der Waals surface area contributed by atoms with Gasteiger partial charge in [-0.25, -0.2) is 0 Å². The van der Waals surface area contributed by atoms with Crippen molar-refractivity contribution in [2.45, 2.75) is 96.4 Å². The molecular formula is C34H42N2O2. The lowest BCUT2D eigenvalue weighted by Gasteiger charge is -2.52. The summed E-state index contributed by atoms with van der Waals surface area (Å²) in [5, 5.41) is 3.39. The highest BCUT2D eigenvalue weighted by Gasteiger charge is 2.58. The number of hydrogen-bond acceptors (Lipinski definition) is 4. The lowest BCUT2D eigenvalue weighted by atomic mass is 9.51. The number of Topliss-reactive ketones (excluding diaryl/α,β-unsaturated/α-hetero) is 1. The van der Waals surface area contributed by atoms with Crippen molar-refractivity contribution >= 4 is 11.5 Å². The van der Waals surface area contributed by atoms with E-state index in [0.717, 1.165) is 58.0 Å². The van der Waals surface area contributed by atoms with Gasteiger partial charge in [-0.2, -0.15) is 4.91 Å². The fourth-order valence-electron chi connectivity index (χ4n) is 9.07. The molecule has 6 rings (SSSR count). The summed E-state index contributed by atoms with van der Waals surface area (Å²) in [5.41, 5.74) is 7.35. The highest BCUT2D eigenvalue weighted by molar-refractivity contribution is 5.82. The van der Waals surface area contributed by atoms with Gasteiger partial charge >= 0.3 is 0 Å². The van der Waals surface area contributed by atoms with Gasteiger partial charge in [-0.05, 0) is 111 Å². The molecule has 1 saturated heterocycles. The summed E-state index contributed by atoms with van der Waals surface area (Å²) in [6, 6.07) is 9.26. The van der Waals surface area contributed by atoms with Crippen molar-refractivity contribution < 1.29 is 4.79 Å². The van der Waals surface area contributed by atoms with Crippen LogP contribution >= 0.6 is 0 Å². The number of ketones is 1. The Balaban J connectivity index is 1.39. The third kappa shape index (κ3) is 4.37. The number of fused-ring (bicyclic) bond motifs is 4. The van der Waals surface area contributed by atoms with Crippen LogP contribution in [-0.4, -0.2) is 24.9 Å². The molecule has 1 aromatic carbocycles. The van der Waals surface area contributed by atoms with Crippen LogP contribution in [0.1, 0.15) is 96.0 Å². The van der Waals surface area contributed by atoms with Gasteiger partial charge in [0.05, 0.1) is 0 Å². The number of allylic oxidation sites excluding steroid dienone is 3. The molecule has 1 aromatic rings. The second-order valence-corrected chi connectivity index (χ2v) is 12.7. The molecular weight excluding hydrogens is 468 g/mol. The molecule has 4 heteroatoms. The average Bonchev–Trinajstić information content (AvgIpc) is 3.60. The van der Waals surface area contributed by atoms with Gasteiger partial charge in [-0.1, -0.05) is 35.9 Å². The summed E-state index contributed by atoms with van der Waals surface area (Å²) in [6.07, 6.45) is 13.3. The predicted molar refractivity (Wildman–Crippen MR) is 154 cm³/mol. The number of carbonyl (C=O) groups excluding carboxylic acids is 1. The molecule has 5 aliphatic rings. The van der Waals surface area contributed by atoms with Crippen LogP contribution in [0.3, 0.4) is 0 Å². The highest BCUT2D eigenvalue weighted by atomic mass is 16.3.